The predicted octanol–water partition coefficient (Wildman–Crippen LogP) is 5.71. The van der Waals surface area contributed by atoms with Crippen molar-refractivity contribution < 1.29 is 14.4 Å². The Kier molecular flexibility index (Phi) is 5.87. The van der Waals surface area contributed by atoms with Crippen LogP contribution in [0.1, 0.15) is 32.1 Å². The molecule has 4 bridgehead atoms. The maximum Gasteiger partial charge on any atom is 0.320 e. The summed E-state index contributed by atoms with van der Waals surface area (Å²) in [5, 5.41) is 5.54. The van der Waals surface area contributed by atoms with Gasteiger partial charge in [-0.2, -0.15) is 0 Å². The highest BCUT2D eigenvalue weighted by molar-refractivity contribution is 6.24. The van der Waals surface area contributed by atoms with Gasteiger partial charge in [-0.15, -0.1) is 0 Å². The lowest BCUT2D eigenvalue weighted by Gasteiger charge is -2.57. The first kappa shape index (κ1) is 23.9. The molecule has 3 aromatic rings. The van der Waals surface area contributed by atoms with Crippen LogP contribution in [0.3, 0.4) is 0 Å². The number of carbonyl (C=O) groups is 3. The van der Waals surface area contributed by atoms with Gasteiger partial charge in [0.1, 0.15) is 0 Å². The van der Waals surface area contributed by atoms with Gasteiger partial charge in [-0.25, -0.2) is 4.79 Å². The summed E-state index contributed by atoms with van der Waals surface area (Å²) in [7, 11) is 0. The molecule has 0 saturated heterocycles. The van der Waals surface area contributed by atoms with Gasteiger partial charge in [0.25, 0.3) is 11.8 Å². The summed E-state index contributed by atoms with van der Waals surface area (Å²) in [4.78, 5) is 45.5. The largest absolute Gasteiger partial charge is 0.320 e. The Morgan fingerprint density at radius 2 is 1.23 bits per heavy atom. The first-order chi connectivity index (χ1) is 19.1. The van der Waals surface area contributed by atoms with Crippen LogP contribution in [0.4, 0.5) is 27.5 Å². The lowest BCUT2D eigenvalue weighted by atomic mass is 9.53. The number of anilines is 4. The first-order valence-corrected chi connectivity index (χ1v) is 14.0. The Morgan fingerprint density at radius 1 is 0.667 bits per heavy atom. The standard InChI is InChI=1S/C32H32N4O3/c37-30-28(34-32(39)33-24-9-3-1-4-10-24)31(38)36(29-22-16-20-15-21(18-22)19-23(29)17-20)27-14-8-7-13-26(27)35(30)25-11-5-2-6-12-25/h1-14,20-23,28-29H,15-19H2,(H2,33,34,39). The topological polar surface area (TPSA) is 81.8 Å². The van der Waals surface area contributed by atoms with E-state index >= 15 is 0 Å². The number of rotatable bonds is 4. The smallest absolute Gasteiger partial charge is 0.318 e. The van der Waals surface area contributed by atoms with E-state index in [0.717, 1.165) is 43.2 Å². The zero-order valence-electron chi connectivity index (χ0n) is 21.7. The molecule has 1 unspecified atom stereocenters. The average Bonchev–Trinajstić information content (AvgIpc) is 3.02. The second kappa shape index (κ2) is 9.56. The lowest BCUT2D eigenvalue weighted by Crippen LogP contribution is -2.62. The van der Waals surface area contributed by atoms with Gasteiger partial charge in [0.2, 0.25) is 0 Å². The van der Waals surface area contributed by atoms with Gasteiger partial charge in [0.05, 0.1) is 11.4 Å². The fourth-order valence-corrected chi connectivity index (χ4v) is 7.88. The van der Waals surface area contributed by atoms with Crippen LogP contribution < -0.4 is 20.4 Å². The number of benzene rings is 3. The zero-order chi connectivity index (χ0) is 26.5. The molecule has 5 aliphatic rings. The minimum atomic E-state index is -1.36. The van der Waals surface area contributed by atoms with Crippen molar-refractivity contribution in [2.45, 2.75) is 44.2 Å². The fraction of sp³-hybridized carbons (Fsp3) is 0.344. The minimum absolute atomic E-state index is 0.0245. The van der Waals surface area contributed by atoms with Crippen LogP contribution in [0, 0.1) is 23.7 Å². The molecule has 3 aromatic carbocycles. The summed E-state index contributed by atoms with van der Waals surface area (Å²) in [6.07, 6.45) is 5.84. The Balaban J connectivity index is 1.32. The Hall–Kier alpha value is -4.13. The quantitative estimate of drug-likeness (QED) is 0.432. The van der Waals surface area contributed by atoms with Crippen molar-refractivity contribution in [1.82, 2.24) is 5.32 Å². The number of hydrogen-bond donors (Lipinski definition) is 2. The van der Waals surface area contributed by atoms with Crippen molar-refractivity contribution in [1.29, 1.82) is 0 Å². The van der Waals surface area contributed by atoms with E-state index in [-0.39, 0.29) is 11.9 Å². The molecule has 4 saturated carbocycles. The first-order valence-electron chi connectivity index (χ1n) is 14.0. The fourth-order valence-electron chi connectivity index (χ4n) is 7.88. The maximum absolute atomic E-state index is 14.5. The van der Waals surface area contributed by atoms with Crippen LogP contribution in [-0.2, 0) is 9.59 Å². The highest BCUT2D eigenvalue weighted by atomic mass is 16.2. The van der Waals surface area contributed by atoms with Gasteiger partial charge < -0.3 is 15.5 Å². The molecular weight excluding hydrogens is 488 g/mol. The van der Waals surface area contributed by atoms with E-state index in [1.165, 1.54) is 6.42 Å². The molecule has 4 aliphatic carbocycles. The average molecular weight is 521 g/mol. The van der Waals surface area contributed by atoms with E-state index in [1.54, 1.807) is 17.0 Å². The maximum atomic E-state index is 14.5. The third kappa shape index (κ3) is 4.17. The molecule has 39 heavy (non-hydrogen) atoms. The van der Waals surface area contributed by atoms with E-state index in [4.69, 9.17) is 0 Å². The van der Waals surface area contributed by atoms with Crippen LogP contribution in [0.2, 0.25) is 0 Å². The van der Waals surface area contributed by atoms with Crippen LogP contribution in [-0.4, -0.2) is 29.9 Å². The molecule has 1 aliphatic heterocycles. The molecule has 4 fully saturated rings. The SMILES string of the molecule is O=C(Nc1ccccc1)NC1C(=O)N(c2ccccc2)c2ccccc2N(C2C3CC4CC(C3)CC2C4)C1=O. The summed E-state index contributed by atoms with van der Waals surface area (Å²) in [5.74, 6) is 1.49. The van der Waals surface area contributed by atoms with E-state index in [0.29, 0.717) is 28.9 Å². The van der Waals surface area contributed by atoms with E-state index < -0.39 is 18.0 Å². The molecule has 2 N–H and O–H groups in total. The number of nitrogens with zero attached hydrogens (tertiary/aromatic N) is 2. The summed E-state index contributed by atoms with van der Waals surface area (Å²) in [5.41, 5.74) is 2.66. The second-order valence-corrected chi connectivity index (χ2v) is 11.5. The number of para-hydroxylation sites is 4. The van der Waals surface area contributed by atoms with Gasteiger partial charge in [0, 0.05) is 17.4 Å². The molecule has 0 aromatic heterocycles. The number of urea groups is 1. The monoisotopic (exact) mass is 520 g/mol. The molecule has 4 amide bonds. The molecule has 1 heterocycles. The van der Waals surface area contributed by atoms with Crippen LogP contribution in [0.15, 0.2) is 84.9 Å². The van der Waals surface area contributed by atoms with Crippen LogP contribution >= 0.6 is 0 Å². The summed E-state index contributed by atoms with van der Waals surface area (Å²) in [6, 6.07) is 24.2. The molecule has 1 atom stereocenters. The minimum Gasteiger partial charge on any atom is -0.318 e. The molecule has 198 valence electrons. The Morgan fingerprint density at radius 3 is 1.87 bits per heavy atom. The van der Waals surface area contributed by atoms with Gasteiger partial charge in [-0.3, -0.25) is 14.5 Å². The molecule has 7 heteroatoms. The van der Waals surface area contributed by atoms with Gasteiger partial charge in [-0.1, -0.05) is 48.5 Å². The van der Waals surface area contributed by atoms with Crippen molar-refractivity contribution >= 4 is 40.6 Å². The van der Waals surface area contributed by atoms with Crippen molar-refractivity contribution in [3.63, 3.8) is 0 Å². The Bertz CT molecular complexity index is 1380. The third-order valence-electron chi connectivity index (χ3n) is 9.13. The normalized spacial score (nSPS) is 29.1. The highest BCUT2D eigenvalue weighted by Gasteiger charge is 2.54. The van der Waals surface area contributed by atoms with Crippen molar-refractivity contribution in [2.75, 3.05) is 15.1 Å². The van der Waals surface area contributed by atoms with Crippen molar-refractivity contribution in [3.8, 4) is 0 Å². The molecule has 0 spiro atoms. The van der Waals surface area contributed by atoms with E-state index in [1.807, 2.05) is 77.7 Å². The number of nitrogens with one attached hydrogen (secondary N) is 2. The van der Waals surface area contributed by atoms with Crippen LogP contribution in [0.5, 0.6) is 0 Å². The summed E-state index contributed by atoms with van der Waals surface area (Å²) in [6.45, 7) is 0. The predicted molar refractivity (Wildman–Crippen MR) is 151 cm³/mol. The number of hydrogen-bond acceptors (Lipinski definition) is 3. The van der Waals surface area contributed by atoms with Crippen molar-refractivity contribution in [3.05, 3.63) is 84.9 Å². The Labute approximate surface area is 228 Å². The van der Waals surface area contributed by atoms with Crippen molar-refractivity contribution in [2.24, 2.45) is 23.7 Å². The zero-order valence-corrected chi connectivity index (χ0v) is 21.7. The molecule has 7 nitrogen and oxygen atoms in total. The van der Waals surface area contributed by atoms with Gasteiger partial charge >= 0.3 is 6.03 Å². The molecule has 0 radical (unpaired) electrons. The van der Waals surface area contributed by atoms with Gasteiger partial charge in [0.15, 0.2) is 6.04 Å². The van der Waals surface area contributed by atoms with E-state index in [9.17, 15) is 14.4 Å². The van der Waals surface area contributed by atoms with Gasteiger partial charge in [-0.05, 0) is 92.2 Å². The summed E-state index contributed by atoms with van der Waals surface area (Å²) >= 11 is 0. The number of fused-ring (bicyclic) bond motifs is 1. The summed E-state index contributed by atoms with van der Waals surface area (Å²) < 4.78 is 0. The number of amides is 4. The molecule has 8 rings (SSSR count). The highest BCUT2D eigenvalue weighted by Crippen LogP contribution is 2.56. The molecular formula is C32H32N4O3. The number of carbonyl (C=O) groups excluding carboxylic acids is 3. The third-order valence-corrected chi connectivity index (χ3v) is 9.13. The lowest BCUT2D eigenvalue weighted by molar-refractivity contribution is -0.130. The van der Waals surface area contributed by atoms with Crippen LogP contribution in [0.25, 0.3) is 0 Å². The second-order valence-electron chi connectivity index (χ2n) is 11.5. The van der Waals surface area contributed by atoms with E-state index in [2.05, 4.69) is 10.6 Å².